The Morgan fingerprint density at radius 1 is 0.938 bits per heavy atom. The van der Waals surface area contributed by atoms with E-state index in [1.54, 1.807) is 14.2 Å². The first kappa shape index (κ1) is 21.9. The summed E-state index contributed by atoms with van der Waals surface area (Å²) in [6.45, 7) is 2.72. The van der Waals surface area contributed by atoms with Crippen LogP contribution in [0.5, 0.6) is 17.2 Å². The Labute approximate surface area is 188 Å². The van der Waals surface area contributed by atoms with Gasteiger partial charge in [-0.15, -0.1) is 0 Å². The van der Waals surface area contributed by atoms with Crippen LogP contribution in [0.25, 0.3) is 0 Å². The molecule has 2 aromatic rings. The number of amides is 1. The van der Waals surface area contributed by atoms with Crippen molar-refractivity contribution in [2.45, 2.75) is 44.4 Å². The number of carbonyl (C=O) groups excluding carboxylic acids is 2. The quantitative estimate of drug-likeness (QED) is 0.693. The molecule has 0 bridgehead atoms. The van der Waals surface area contributed by atoms with Crippen LogP contribution in [0.1, 0.15) is 55.6 Å². The molecule has 168 valence electrons. The van der Waals surface area contributed by atoms with Crippen LogP contribution in [0, 0.1) is 0 Å². The van der Waals surface area contributed by atoms with Gasteiger partial charge in [0.1, 0.15) is 17.2 Å². The lowest BCUT2D eigenvalue weighted by Crippen LogP contribution is -2.38. The van der Waals surface area contributed by atoms with Crippen molar-refractivity contribution in [1.82, 2.24) is 5.32 Å². The average Bonchev–Trinajstić information content (AvgIpc) is 2.81. The molecule has 0 aromatic heterocycles. The summed E-state index contributed by atoms with van der Waals surface area (Å²) in [6.07, 6.45) is 2.15. The lowest BCUT2D eigenvalue weighted by atomic mass is 9.73. The Hall–Kier alpha value is -3.28. The number of ether oxygens (including phenoxy) is 3. The van der Waals surface area contributed by atoms with E-state index >= 15 is 0 Å². The molecule has 1 amide bonds. The highest BCUT2D eigenvalue weighted by molar-refractivity contribution is 6.02. The van der Waals surface area contributed by atoms with Crippen LogP contribution in [-0.2, 0) is 9.59 Å². The molecule has 0 fully saturated rings. The number of ketones is 1. The fourth-order valence-electron chi connectivity index (χ4n) is 4.64. The van der Waals surface area contributed by atoms with E-state index in [4.69, 9.17) is 14.2 Å². The summed E-state index contributed by atoms with van der Waals surface area (Å²) in [6, 6.07) is 13.4. The second-order valence-electron chi connectivity index (χ2n) is 8.25. The van der Waals surface area contributed by atoms with E-state index in [-0.39, 0.29) is 29.9 Å². The van der Waals surface area contributed by atoms with Crippen molar-refractivity contribution < 1.29 is 23.8 Å². The molecule has 6 heteroatoms. The Balaban J connectivity index is 1.65. The van der Waals surface area contributed by atoms with Gasteiger partial charge in [0.05, 0.1) is 20.8 Å². The lowest BCUT2D eigenvalue weighted by molar-refractivity contribution is -0.122. The van der Waals surface area contributed by atoms with Crippen molar-refractivity contribution in [3.8, 4) is 17.2 Å². The number of hydrogen-bond donors (Lipinski definition) is 1. The number of hydrogen-bond acceptors (Lipinski definition) is 5. The Morgan fingerprint density at radius 3 is 2.38 bits per heavy atom. The first-order chi connectivity index (χ1) is 15.5. The number of carbonyl (C=O) groups is 2. The van der Waals surface area contributed by atoms with Crippen molar-refractivity contribution in [3.05, 3.63) is 64.9 Å². The molecular formula is C26H29NO5. The van der Waals surface area contributed by atoms with E-state index in [0.29, 0.717) is 30.9 Å². The molecule has 6 nitrogen and oxygen atoms in total. The molecule has 2 atom stereocenters. The smallest absolute Gasteiger partial charge is 0.225 e. The van der Waals surface area contributed by atoms with Crippen LogP contribution in [0.2, 0.25) is 0 Å². The van der Waals surface area contributed by atoms with Gasteiger partial charge in [-0.05, 0) is 48.7 Å². The molecule has 0 unspecified atom stereocenters. The van der Waals surface area contributed by atoms with Gasteiger partial charge in [0.15, 0.2) is 5.78 Å². The molecule has 0 radical (unpaired) electrons. The second-order valence-corrected chi connectivity index (χ2v) is 8.25. The highest BCUT2D eigenvalue weighted by atomic mass is 16.5. The van der Waals surface area contributed by atoms with Crippen molar-refractivity contribution in [2.75, 3.05) is 20.8 Å². The normalized spacial score (nSPS) is 20.5. The zero-order valence-corrected chi connectivity index (χ0v) is 18.8. The summed E-state index contributed by atoms with van der Waals surface area (Å²) in [4.78, 5) is 25.9. The minimum atomic E-state index is -0.236. The van der Waals surface area contributed by atoms with E-state index < -0.39 is 0 Å². The summed E-state index contributed by atoms with van der Waals surface area (Å²) in [5.74, 6) is 1.90. The van der Waals surface area contributed by atoms with Crippen LogP contribution in [0.4, 0.5) is 0 Å². The number of methoxy groups -OCH3 is 2. The molecule has 0 spiro atoms. The maximum Gasteiger partial charge on any atom is 0.225 e. The summed E-state index contributed by atoms with van der Waals surface area (Å²) in [7, 11) is 3.23. The SMILES string of the molecule is CCCOc1ccc([C@@H]2CC(=O)NC3=C2C(=O)C[C@@H](c2cc(OC)ccc2OC)C3)cc1. The number of rotatable bonds is 7. The summed E-state index contributed by atoms with van der Waals surface area (Å²) < 4.78 is 16.6. The van der Waals surface area contributed by atoms with Crippen molar-refractivity contribution in [1.29, 1.82) is 0 Å². The second kappa shape index (κ2) is 9.47. The van der Waals surface area contributed by atoms with Gasteiger partial charge in [0.2, 0.25) is 5.91 Å². The van der Waals surface area contributed by atoms with Crippen molar-refractivity contribution in [3.63, 3.8) is 0 Å². The molecule has 1 aliphatic carbocycles. The Bertz CT molecular complexity index is 1040. The fourth-order valence-corrected chi connectivity index (χ4v) is 4.64. The number of Topliss-reactive ketones (excluding diaryl/α,β-unsaturated/α-hetero) is 1. The van der Waals surface area contributed by atoms with Gasteiger partial charge in [-0.25, -0.2) is 0 Å². The van der Waals surface area contributed by atoms with Crippen LogP contribution in [0.15, 0.2) is 53.7 Å². The van der Waals surface area contributed by atoms with Gasteiger partial charge >= 0.3 is 0 Å². The molecule has 2 aliphatic rings. The summed E-state index contributed by atoms with van der Waals surface area (Å²) in [5, 5.41) is 2.98. The summed E-state index contributed by atoms with van der Waals surface area (Å²) in [5.41, 5.74) is 3.33. The van der Waals surface area contributed by atoms with Gasteiger partial charge in [0.25, 0.3) is 0 Å². The van der Waals surface area contributed by atoms with Crippen LogP contribution < -0.4 is 19.5 Å². The number of nitrogens with one attached hydrogen (secondary N) is 1. The zero-order valence-electron chi connectivity index (χ0n) is 18.8. The maximum absolute atomic E-state index is 13.4. The highest BCUT2D eigenvalue weighted by Gasteiger charge is 2.38. The number of benzene rings is 2. The third-order valence-corrected chi connectivity index (χ3v) is 6.17. The van der Waals surface area contributed by atoms with Gasteiger partial charge < -0.3 is 19.5 Å². The maximum atomic E-state index is 13.4. The zero-order chi connectivity index (χ0) is 22.7. The monoisotopic (exact) mass is 435 g/mol. The van der Waals surface area contributed by atoms with E-state index in [2.05, 4.69) is 12.2 Å². The topological polar surface area (TPSA) is 73.9 Å². The molecule has 1 heterocycles. The van der Waals surface area contributed by atoms with Crippen molar-refractivity contribution in [2.24, 2.45) is 0 Å². The molecule has 0 saturated heterocycles. The minimum Gasteiger partial charge on any atom is -0.497 e. The minimum absolute atomic E-state index is 0.0638. The van der Waals surface area contributed by atoms with E-state index in [1.807, 2.05) is 42.5 Å². The molecule has 1 N–H and O–H groups in total. The lowest BCUT2D eigenvalue weighted by Gasteiger charge is -2.35. The first-order valence-electron chi connectivity index (χ1n) is 11.0. The van der Waals surface area contributed by atoms with Gasteiger partial charge in [-0.3, -0.25) is 9.59 Å². The van der Waals surface area contributed by atoms with Gasteiger partial charge in [-0.1, -0.05) is 19.1 Å². The third-order valence-electron chi connectivity index (χ3n) is 6.17. The molecule has 4 rings (SSSR count). The predicted octanol–water partition coefficient (Wildman–Crippen LogP) is 4.50. The van der Waals surface area contributed by atoms with Crippen LogP contribution in [0.3, 0.4) is 0 Å². The van der Waals surface area contributed by atoms with E-state index in [1.165, 1.54) is 0 Å². The number of allylic oxidation sites excluding steroid dienone is 2. The summed E-state index contributed by atoms with van der Waals surface area (Å²) >= 11 is 0. The van der Waals surface area contributed by atoms with Crippen LogP contribution >= 0.6 is 0 Å². The largest absolute Gasteiger partial charge is 0.497 e. The third kappa shape index (κ3) is 4.35. The Morgan fingerprint density at radius 2 is 1.69 bits per heavy atom. The molecule has 1 aliphatic heterocycles. The molecule has 2 aromatic carbocycles. The van der Waals surface area contributed by atoms with E-state index in [0.717, 1.165) is 34.6 Å². The standard InChI is InChI=1S/C26H29NO5/c1-4-11-32-18-7-5-16(6-8-18)21-15-25(29)27-22-12-17(13-23(28)26(21)22)20-14-19(30-2)9-10-24(20)31-3/h5-10,14,17,21H,4,11-13,15H2,1-3H3,(H,27,29)/t17-,21-/m0/s1. The average molecular weight is 436 g/mol. The van der Waals surface area contributed by atoms with Gasteiger partial charge in [0, 0.05) is 41.5 Å². The molecular weight excluding hydrogens is 406 g/mol. The molecule has 32 heavy (non-hydrogen) atoms. The van der Waals surface area contributed by atoms with E-state index in [9.17, 15) is 9.59 Å². The Kier molecular flexibility index (Phi) is 6.49. The van der Waals surface area contributed by atoms with Crippen LogP contribution in [-0.4, -0.2) is 32.5 Å². The first-order valence-corrected chi connectivity index (χ1v) is 11.0. The predicted molar refractivity (Wildman–Crippen MR) is 121 cm³/mol. The fraction of sp³-hybridized carbons (Fsp3) is 0.385. The molecule has 0 saturated carbocycles. The van der Waals surface area contributed by atoms with Crippen molar-refractivity contribution >= 4 is 11.7 Å². The van der Waals surface area contributed by atoms with Gasteiger partial charge in [-0.2, -0.15) is 0 Å². The highest BCUT2D eigenvalue weighted by Crippen LogP contribution is 2.45.